The molecule has 1 fully saturated rings. The molecule has 3 rings (SSSR count). The van der Waals surface area contributed by atoms with E-state index in [1.165, 1.54) is 0 Å². The second-order valence-corrected chi connectivity index (χ2v) is 6.67. The lowest BCUT2D eigenvalue weighted by molar-refractivity contribution is -0.132. The molecule has 24 heavy (non-hydrogen) atoms. The van der Waals surface area contributed by atoms with Crippen molar-refractivity contribution in [1.29, 1.82) is 0 Å². The Morgan fingerprint density at radius 1 is 1.29 bits per heavy atom. The number of likely N-dealkylation sites (tertiary alicyclic amines) is 1. The minimum absolute atomic E-state index is 0.224. The number of amides is 1. The van der Waals surface area contributed by atoms with Crippen LogP contribution in [-0.4, -0.2) is 34.1 Å². The number of nitrogens with zero attached hydrogens (tertiary/aromatic N) is 3. The molecule has 0 saturated carbocycles. The van der Waals surface area contributed by atoms with Crippen LogP contribution in [0.5, 0.6) is 0 Å². The molecule has 0 aliphatic carbocycles. The second-order valence-electron chi connectivity index (χ2n) is 6.26. The highest BCUT2D eigenvalue weighted by atomic mass is 35.5. The van der Waals surface area contributed by atoms with Crippen LogP contribution in [0.4, 0.5) is 0 Å². The van der Waals surface area contributed by atoms with Crippen molar-refractivity contribution in [3.05, 3.63) is 46.6 Å². The summed E-state index contributed by atoms with van der Waals surface area (Å²) >= 11 is 6.15. The largest absolute Gasteiger partial charge is 0.425 e. The van der Waals surface area contributed by atoms with E-state index in [-0.39, 0.29) is 11.8 Å². The Morgan fingerprint density at radius 2 is 2.04 bits per heavy atom. The summed E-state index contributed by atoms with van der Waals surface area (Å²) in [5.41, 5.74) is 1.11. The van der Waals surface area contributed by atoms with E-state index in [4.69, 9.17) is 16.0 Å². The molecule has 5 nitrogen and oxygen atoms in total. The van der Waals surface area contributed by atoms with Crippen molar-refractivity contribution >= 4 is 17.5 Å². The fourth-order valence-electron chi connectivity index (χ4n) is 3.14. The van der Waals surface area contributed by atoms with Crippen LogP contribution in [0, 0.1) is 6.92 Å². The lowest BCUT2D eigenvalue weighted by Gasteiger charge is -2.30. The summed E-state index contributed by atoms with van der Waals surface area (Å²) in [6, 6.07) is 7.81. The van der Waals surface area contributed by atoms with Gasteiger partial charge in [-0.1, -0.05) is 29.8 Å². The summed E-state index contributed by atoms with van der Waals surface area (Å²) < 4.78 is 5.51. The third-order valence-corrected chi connectivity index (χ3v) is 4.90. The maximum atomic E-state index is 12.4. The fraction of sp³-hybridized carbons (Fsp3) is 0.500. The van der Waals surface area contributed by atoms with Gasteiger partial charge in [0.25, 0.3) is 0 Å². The molecule has 2 aromatic rings. The van der Waals surface area contributed by atoms with E-state index in [9.17, 15) is 4.79 Å². The van der Waals surface area contributed by atoms with Crippen LogP contribution < -0.4 is 0 Å². The molecule has 1 aliphatic heterocycles. The Balaban J connectivity index is 1.43. The van der Waals surface area contributed by atoms with Crippen LogP contribution in [0.15, 0.2) is 28.7 Å². The number of aryl methyl sites for hydroxylation is 2. The Kier molecular flexibility index (Phi) is 5.51. The van der Waals surface area contributed by atoms with Gasteiger partial charge in [0.15, 0.2) is 0 Å². The number of aromatic nitrogens is 2. The van der Waals surface area contributed by atoms with Gasteiger partial charge in [-0.05, 0) is 37.3 Å². The van der Waals surface area contributed by atoms with Crippen LogP contribution in [0.1, 0.15) is 48.9 Å². The highest BCUT2D eigenvalue weighted by Crippen LogP contribution is 2.27. The maximum absolute atomic E-state index is 12.4. The van der Waals surface area contributed by atoms with Crippen molar-refractivity contribution in [3.8, 4) is 0 Å². The van der Waals surface area contributed by atoms with Gasteiger partial charge in [0.05, 0.1) is 0 Å². The standard InChI is InChI=1S/C18H22ClN3O2/c1-13-20-21-18(24-13)15-9-11-22(12-10-15)17(23)8-4-6-14-5-2-3-7-16(14)19/h2-3,5,7,15H,4,6,8-12H2,1H3. The highest BCUT2D eigenvalue weighted by molar-refractivity contribution is 6.31. The quantitative estimate of drug-likeness (QED) is 0.826. The number of carbonyl (C=O) groups is 1. The molecule has 0 spiro atoms. The molecule has 0 N–H and O–H groups in total. The zero-order valence-electron chi connectivity index (χ0n) is 13.9. The first-order valence-corrected chi connectivity index (χ1v) is 8.82. The van der Waals surface area contributed by atoms with Crippen molar-refractivity contribution < 1.29 is 9.21 Å². The van der Waals surface area contributed by atoms with E-state index >= 15 is 0 Å². The van der Waals surface area contributed by atoms with Gasteiger partial charge in [0.2, 0.25) is 17.7 Å². The monoisotopic (exact) mass is 347 g/mol. The van der Waals surface area contributed by atoms with Crippen LogP contribution in [0.2, 0.25) is 5.02 Å². The van der Waals surface area contributed by atoms with Crippen molar-refractivity contribution in [3.63, 3.8) is 0 Å². The molecule has 1 amide bonds. The molecule has 1 aromatic heterocycles. The Hall–Kier alpha value is -1.88. The molecule has 128 valence electrons. The summed E-state index contributed by atoms with van der Waals surface area (Å²) in [5.74, 6) is 1.81. The zero-order valence-corrected chi connectivity index (χ0v) is 14.6. The zero-order chi connectivity index (χ0) is 16.9. The Bertz CT molecular complexity index is 693. The minimum Gasteiger partial charge on any atom is -0.425 e. The van der Waals surface area contributed by atoms with Gasteiger partial charge < -0.3 is 9.32 Å². The molecule has 1 aromatic carbocycles. The first-order valence-electron chi connectivity index (χ1n) is 8.44. The smallest absolute Gasteiger partial charge is 0.222 e. The molecule has 0 atom stereocenters. The fourth-order valence-corrected chi connectivity index (χ4v) is 3.37. The Morgan fingerprint density at radius 3 is 2.71 bits per heavy atom. The first-order chi connectivity index (χ1) is 11.6. The van der Waals surface area contributed by atoms with Crippen LogP contribution in [0.3, 0.4) is 0 Å². The predicted octanol–water partition coefficient (Wildman–Crippen LogP) is 3.76. The molecule has 0 bridgehead atoms. The molecular weight excluding hydrogens is 326 g/mol. The van der Waals surface area contributed by atoms with Gasteiger partial charge in [-0.2, -0.15) is 0 Å². The molecule has 0 unspecified atom stereocenters. The van der Waals surface area contributed by atoms with E-state index in [1.807, 2.05) is 29.2 Å². The van der Waals surface area contributed by atoms with Crippen molar-refractivity contribution in [2.45, 2.75) is 44.9 Å². The van der Waals surface area contributed by atoms with Crippen molar-refractivity contribution in [1.82, 2.24) is 15.1 Å². The summed E-state index contributed by atoms with van der Waals surface area (Å²) in [7, 11) is 0. The average Bonchev–Trinajstić information content (AvgIpc) is 3.03. The van der Waals surface area contributed by atoms with Gasteiger partial charge in [0, 0.05) is 37.4 Å². The Labute approximate surface area is 147 Å². The number of rotatable bonds is 5. The third-order valence-electron chi connectivity index (χ3n) is 4.53. The molecule has 0 radical (unpaired) electrons. The summed E-state index contributed by atoms with van der Waals surface area (Å²) in [4.78, 5) is 14.3. The minimum atomic E-state index is 0.224. The van der Waals surface area contributed by atoms with Gasteiger partial charge in [-0.25, -0.2) is 0 Å². The third kappa shape index (κ3) is 4.15. The van der Waals surface area contributed by atoms with E-state index in [0.29, 0.717) is 18.2 Å². The summed E-state index contributed by atoms with van der Waals surface area (Å²) in [6.07, 6.45) is 4.00. The lowest BCUT2D eigenvalue weighted by atomic mass is 9.96. The van der Waals surface area contributed by atoms with Gasteiger partial charge in [-0.15, -0.1) is 10.2 Å². The van der Waals surface area contributed by atoms with Crippen LogP contribution >= 0.6 is 11.6 Å². The van der Waals surface area contributed by atoms with Gasteiger partial charge >= 0.3 is 0 Å². The number of piperidine rings is 1. The lowest BCUT2D eigenvalue weighted by Crippen LogP contribution is -2.37. The van der Waals surface area contributed by atoms with Gasteiger partial charge in [-0.3, -0.25) is 4.79 Å². The molecule has 2 heterocycles. The van der Waals surface area contributed by atoms with E-state index < -0.39 is 0 Å². The topological polar surface area (TPSA) is 59.2 Å². The molecule has 1 aliphatic rings. The SMILES string of the molecule is Cc1nnc(C2CCN(C(=O)CCCc3ccccc3Cl)CC2)o1. The number of carbonyl (C=O) groups excluding carboxylic acids is 1. The van der Waals surface area contributed by atoms with Crippen LogP contribution in [-0.2, 0) is 11.2 Å². The first kappa shape index (κ1) is 17.0. The second kappa shape index (κ2) is 7.79. The summed E-state index contributed by atoms with van der Waals surface area (Å²) in [6.45, 7) is 3.32. The number of hydrogen-bond acceptors (Lipinski definition) is 4. The molecular formula is C18H22ClN3O2. The number of benzene rings is 1. The van der Waals surface area contributed by atoms with Crippen molar-refractivity contribution in [2.75, 3.05) is 13.1 Å². The highest BCUT2D eigenvalue weighted by Gasteiger charge is 2.26. The summed E-state index contributed by atoms with van der Waals surface area (Å²) in [5, 5.41) is 8.76. The van der Waals surface area contributed by atoms with Gasteiger partial charge in [0.1, 0.15) is 0 Å². The van der Waals surface area contributed by atoms with E-state index in [2.05, 4.69) is 10.2 Å². The molecule has 1 saturated heterocycles. The number of hydrogen-bond donors (Lipinski definition) is 0. The maximum Gasteiger partial charge on any atom is 0.222 e. The normalized spacial score (nSPS) is 15.7. The average molecular weight is 348 g/mol. The van der Waals surface area contributed by atoms with Crippen LogP contribution in [0.25, 0.3) is 0 Å². The number of halogens is 1. The van der Waals surface area contributed by atoms with Crippen molar-refractivity contribution in [2.24, 2.45) is 0 Å². The van der Waals surface area contributed by atoms with E-state index in [0.717, 1.165) is 49.4 Å². The predicted molar refractivity (Wildman–Crippen MR) is 92.0 cm³/mol. The van der Waals surface area contributed by atoms with E-state index in [1.54, 1.807) is 6.92 Å². The molecule has 6 heteroatoms.